The van der Waals surface area contributed by atoms with E-state index in [9.17, 15) is 0 Å². The summed E-state index contributed by atoms with van der Waals surface area (Å²) in [5, 5.41) is 1.64. The van der Waals surface area contributed by atoms with E-state index < -0.39 is 0 Å². The summed E-state index contributed by atoms with van der Waals surface area (Å²) in [5.41, 5.74) is 2.41. The van der Waals surface area contributed by atoms with Crippen LogP contribution in [0.3, 0.4) is 0 Å². The molecule has 0 aliphatic rings. The predicted octanol–water partition coefficient (Wildman–Crippen LogP) is 6.12. The molecule has 0 aliphatic heterocycles. The molecular weight excluding hydrogens is 446 g/mol. The lowest BCUT2D eigenvalue weighted by molar-refractivity contribution is 0.355. The molecule has 0 radical (unpaired) electrons. The number of ether oxygens (including phenoxy) is 3. The van der Waals surface area contributed by atoms with Crippen molar-refractivity contribution in [2.45, 2.75) is 0 Å². The Morgan fingerprint density at radius 2 is 1.53 bits per heavy atom. The Labute approximate surface area is 182 Å². The molecule has 0 bridgehead atoms. The van der Waals surface area contributed by atoms with Crippen molar-refractivity contribution in [3.63, 3.8) is 0 Å². The van der Waals surface area contributed by atoms with Gasteiger partial charge in [-0.2, -0.15) is 0 Å². The third kappa shape index (κ3) is 4.04. The van der Waals surface area contributed by atoms with E-state index in [1.54, 1.807) is 21.3 Å². The van der Waals surface area contributed by atoms with Crippen LogP contribution in [0.4, 0.5) is 5.69 Å². The van der Waals surface area contributed by atoms with Gasteiger partial charge < -0.3 is 18.6 Å². The first-order valence-corrected chi connectivity index (χ1v) is 10.0. The third-order valence-corrected chi connectivity index (χ3v) is 5.22. The van der Waals surface area contributed by atoms with Crippen LogP contribution in [0.5, 0.6) is 17.2 Å². The highest BCUT2D eigenvalue weighted by Gasteiger charge is 2.11. The van der Waals surface area contributed by atoms with Gasteiger partial charge in [-0.25, -0.2) is 4.99 Å². The monoisotopic (exact) mass is 465 g/mol. The largest absolute Gasteiger partial charge is 0.497 e. The molecule has 0 N–H and O–H groups in total. The van der Waals surface area contributed by atoms with Gasteiger partial charge >= 0.3 is 0 Å². The maximum absolute atomic E-state index is 6.20. The molecule has 5 nitrogen and oxygen atoms in total. The molecule has 0 aliphatic carbocycles. The van der Waals surface area contributed by atoms with Crippen molar-refractivity contribution in [2.24, 2.45) is 4.99 Å². The van der Waals surface area contributed by atoms with E-state index in [0.29, 0.717) is 22.8 Å². The second-order valence-corrected chi connectivity index (χ2v) is 7.43. The van der Waals surface area contributed by atoms with Gasteiger partial charge in [-0.05, 0) is 60.7 Å². The summed E-state index contributed by atoms with van der Waals surface area (Å²) in [5.74, 6) is 2.70. The van der Waals surface area contributed by atoms with E-state index >= 15 is 0 Å². The number of hydrogen-bond donors (Lipinski definition) is 0. The molecule has 6 heteroatoms. The van der Waals surface area contributed by atoms with Crippen molar-refractivity contribution in [1.29, 1.82) is 0 Å². The van der Waals surface area contributed by atoms with Gasteiger partial charge in [-0.1, -0.05) is 15.9 Å². The maximum Gasteiger partial charge on any atom is 0.161 e. The van der Waals surface area contributed by atoms with Gasteiger partial charge in [-0.15, -0.1) is 0 Å². The Bertz CT molecular complexity index is 1260. The van der Waals surface area contributed by atoms with E-state index in [1.807, 2.05) is 66.7 Å². The van der Waals surface area contributed by atoms with Gasteiger partial charge in [0.05, 0.1) is 32.4 Å². The lowest BCUT2D eigenvalue weighted by atomic mass is 10.1. The number of benzene rings is 3. The SMILES string of the molecule is COc1ccc2oc(-c3ccc(OC)c(OC)c3)cc(=Nc3ccc(Br)cc3)c2c1. The van der Waals surface area contributed by atoms with Crippen LogP contribution < -0.4 is 19.6 Å². The number of methoxy groups -OCH3 is 3. The molecule has 0 spiro atoms. The van der Waals surface area contributed by atoms with Gasteiger partial charge in [0.25, 0.3) is 0 Å². The maximum atomic E-state index is 6.20. The molecule has 1 aromatic heterocycles. The zero-order chi connectivity index (χ0) is 21.1. The van der Waals surface area contributed by atoms with Crippen molar-refractivity contribution >= 4 is 32.6 Å². The van der Waals surface area contributed by atoms with Gasteiger partial charge in [0.15, 0.2) is 11.5 Å². The second kappa shape index (κ2) is 8.63. The number of halogens is 1. The predicted molar refractivity (Wildman–Crippen MR) is 121 cm³/mol. The van der Waals surface area contributed by atoms with Crippen molar-refractivity contribution < 1.29 is 18.6 Å². The quantitative estimate of drug-likeness (QED) is 0.356. The minimum absolute atomic E-state index is 0.631. The zero-order valence-corrected chi connectivity index (χ0v) is 18.4. The van der Waals surface area contributed by atoms with Crippen LogP contribution in [-0.4, -0.2) is 21.3 Å². The van der Waals surface area contributed by atoms with Crippen molar-refractivity contribution in [3.05, 3.63) is 76.6 Å². The molecule has 4 aromatic rings. The average molecular weight is 466 g/mol. The number of nitrogens with zero attached hydrogens (tertiary/aromatic N) is 1. The fourth-order valence-corrected chi connectivity index (χ4v) is 3.42. The Hall–Kier alpha value is -3.25. The van der Waals surface area contributed by atoms with Gasteiger partial charge in [0.2, 0.25) is 0 Å². The molecule has 0 fully saturated rings. The normalized spacial score (nSPS) is 11.5. The van der Waals surface area contributed by atoms with Crippen molar-refractivity contribution in [2.75, 3.05) is 21.3 Å². The summed E-state index contributed by atoms with van der Waals surface area (Å²) in [6.45, 7) is 0. The Balaban J connectivity index is 1.95. The third-order valence-electron chi connectivity index (χ3n) is 4.69. The molecular formula is C24H20BrNO4. The van der Waals surface area contributed by atoms with Crippen LogP contribution in [-0.2, 0) is 0 Å². The summed E-state index contributed by atoms with van der Waals surface area (Å²) in [4.78, 5) is 4.86. The molecule has 152 valence electrons. The summed E-state index contributed by atoms with van der Waals surface area (Å²) >= 11 is 3.46. The highest BCUT2D eigenvalue weighted by atomic mass is 79.9. The van der Waals surface area contributed by atoms with Crippen LogP contribution in [0.15, 0.2) is 80.6 Å². The fourth-order valence-electron chi connectivity index (χ4n) is 3.15. The summed E-state index contributed by atoms with van der Waals surface area (Å²) in [7, 11) is 4.86. The molecule has 4 rings (SSSR count). The lowest BCUT2D eigenvalue weighted by Gasteiger charge is -2.10. The smallest absolute Gasteiger partial charge is 0.161 e. The standard InChI is InChI=1S/C24H20BrNO4/c1-27-18-9-11-21-19(13-18)20(26-17-7-5-16(25)6-8-17)14-23(30-21)15-4-10-22(28-2)24(12-15)29-3/h4-14H,1-3H3. The van der Waals surface area contributed by atoms with Crippen LogP contribution in [0, 0.1) is 0 Å². The fraction of sp³-hybridized carbons (Fsp3) is 0.125. The molecule has 0 saturated carbocycles. The van der Waals surface area contributed by atoms with E-state index in [-0.39, 0.29) is 0 Å². The Kier molecular flexibility index (Phi) is 5.77. The number of hydrogen-bond acceptors (Lipinski definition) is 5. The van der Waals surface area contributed by atoms with Gasteiger partial charge in [0, 0.05) is 21.5 Å². The van der Waals surface area contributed by atoms with E-state index in [2.05, 4.69) is 15.9 Å². The first-order chi connectivity index (χ1) is 14.6. The van der Waals surface area contributed by atoms with Crippen LogP contribution in [0.25, 0.3) is 22.3 Å². The molecule has 1 heterocycles. The topological polar surface area (TPSA) is 53.2 Å². The first-order valence-electron chi connectivity index (χ1n) is 9.26. The summed E-state index contributed by atoms with van der Waals surface area (Å²) in [6, 6.07) is 21.1. The zero-order valence-electron chi connectivity index (χ0n) is 16.8. The molecule has 0 amide bonds. The second-order valence-electron chi connectivity index (χ2n) is 6.52. The van der Waals surface area contributed by atoms with Gasteiger partial charge in [-0.3, -0.25) is 0 Å². The Morgan fingerprint density at radius 3 is 2.23 bits per heavy atom. The van der Waals surface area contributed by atoms with E-state index in [1.165, 1.54) is 0 Å². The molecule has 3 aromatic carbocycles. The highest BCUT2D eigenvalue weighted by Crippen LogP contribution is 2.33. The van der Waals surface area contributed by atoms with Crippen molar-refractivity contribution in [1.82, 2.24) is 0 Å². The number of fused-ring (bicyclic) bond motifs is 1. The molecule has 0 atom stereocenters. The van der Waals surface area contributed by atoms with Crippen LogP contribution in [0.1, 0.15) is 0 Å². The highest BCUT2D eigenvalue weighted by molar-refractivity contribution is 9.10. The number of rotatable bonds is 5. The average Bonchev–Trinajstić information content (AvgIpc) is 2.79. The van der Waals surface area contributed by atoms with E-state index in [0.717, 1.165) is 32.2 Å². The lowest BCUT2D eigenvalue weighted by Crippen LogP contribution is -2.03. The molecule has 0 saturated heterocycles. The minimum Gasteiger partial charge on any atom is -0.497 e. The minimum atomic E-state index is 0.631. The first kappa shape index (κ1) is 20.0. The van der Waals surface area contributed by atoms with E-state index in [4.69, 9.17) is 23.6 Å². The summed E-state index contributed by atoms with van der Waals surface area (Å²) < 4.78 is 23.4. The molecule has 0 unspecified atom stereocenters. The van der Waals surface area contributed by atoms with Gasteiger partial charge in [0.1, 0.15) is 17.1 Å². The van der Waals surface area contributed by atoms with Crippen LogP contribution >= 0.6 is 15.9 Å². The Morgan fingerprint density at radius 1 is 0.767 bits per heavy atom. The van der Waals surface area contributed by atoms with Crippen molar-refractivity contribution in [3.8, 4) is 28.6 Å². The van der Waals surface area contributed by atoms with Crippen LogP contribution in [0.2, 0.25) is 0 Å². The summed E-state index contributed by atoms with van der Waals surface area (Å²) in [6.07, 6.45) is 0. The molecule has 30 heavy (non-hydrogen) atoms.